The molecule has 2 N–H and O–H groups in total. The number of nitrogens with zero attached hydrogens (tertiary/aromatic N) is 1. The minimum Gasteiger partial charge on any atom is -0.493 e. The Morgan fingerprint density at radius 2 is 1.50 bits per heavy atom. The van der Waals surface area contributed by atoms with E-state index in [4.69, 9.17) is 9.47 Å². The minimum atomic E-state index is -3.99. The van der Waals surface area contributed by atoms with Crippen molar-refractivity contribution in [2.45, 2.75) is 29.3 Å². The van der Waals surface area contributed by atoms with E-state index < -0.39 is 32.0 Å². The number of hydrogen-bond acceptors (Lipinski definition) is 7. The molecule has 1 amide bonds. The topological polar surface area (TPSA) is 131 Å². The van der Waals surface area contributed by atoms with E-state index in [1.54, 1.807) is 12.1 Å². The van der Waals surface area contributed by atoms with E-state index in [0.717, 1.165) is 4.31 Å². The van der Waals surface area contributed by atoms with Crippen molar-refractivity contribution in [2.75, 3.05) is 28.3 Å². The Morgan fingerprint density at radius 1 is 0.938 bits per heavy atom. The van der Waals surface area contributed by atoms with Gasteiger partial charge in [0.1, 0.15) is 0 Å². The molecule has 2 aromatic rings. The van der Waals surface area contributed by atoms with Crippen LogP contribution < -0.4 is 19.5 Å². The predicted octanol–water partition coefficient (Wildman–Crippen LogP) is 0.937. The number of amides is 1. The van der Waals surface area contributed by atoms with Gasteiger partial charge in [-0.1, -0.05) is 12.1 Å². The Kier molecular flexibility index (Phi) is 8.24. The van der Waals surface area contributed by atoms with E-state index >= 15 is 0 Å². The maximum atomic E-state index is 12.6. The van der Waals surface area contributed by atoms with Gasteiger partial charge < -0.3 is 14.8 Å². The summed E-state index contributed by atoms with van der Waals surface area (Å²) in [5.41, 5.74) is 0.658. The Balaban J connectivity index is 2.02. The van der Waals surface area contributed by atoms with Gasteiger partial charge in [0.05, 0.1) is 30.1 Å². The van der Waals surface area contributed by atoms with Crippen LogP contribution in [0.2, 0.25) is 0 Å². The van der Waals surface area contributed by atoms with Crippen LogP contribution in [0.3, 0.4) is 0 Å². The molecule has 1 atom stereocenters. The molecule has 0 aliphatic carbocycles. The number of carbonyl (C=O) groups excluding carboxylic acids is 1. The molecule has 0 fully saturated rings. The number of benzene rings is 2. The summed E-state index contributed by atoms with van der Waals surface area (Å²) in [5.74, 6) is 0.0768. The third kappa shape index (κ3) is 5.97. The monoisotopic (exact) mass is 485 g/mol. The lowest BCUT2D eigenvalue weighted by atomic mass is 10.2. The first kappa shape index (κ1) is 25.6. The highest BCUT2D eigenvalue weighted by molar-refractivity contribution is 7.89. The fourth-order valence-corrected chi connectivity index (χ4v) is 4.79. The lowest BCUT2D eigenvalue weighted by molar-refractivity contribution is -0.122. The van der Waals surface area contributed by atoms with Crippen molar-refractivity contribution < 1.29 is 31.1 Å². The summed E-state index contributed by atoms with van der Waals surface area (Å²) >= 11 is 0. The van der Waals surface area contributed by atoms with Gasteiger partial charge in [0.15, 0.2) is 11.5 Å². The Labute approximate surface area is 188 Å². The normalized spacial score (nSPS) is 12.9. The summed E-state index contributed by atoms with van der Waals surface area (Å²) in [6.45, 7) is 1.52. The molecule has 0 spiro atoms. The number of ether oxygens (including phenoxy) is 2. The van der Waals surface area contributed by atoms with Crippen LogP contribution in [0.15, 0.2) is 52.3 Å². The SMILES string of the molecule is COc1ccc(S(=O)(=O)N[C@H](C)C(=O)NCc2ccc(S(=O)(=O)N(C)C)cc2)cc1OC. The lowest BCUT2D eigenvalue weighted by Gasteiger charge is -2.16. The summed E-state index contributed by atoms with van der Waals surface area (Å²) < 4.78 is 63.1. The van der Waals surface area contributed by atoms with Gasteiger partial charge in [-0.15, -0.1) is 0 Å². The molecule has 0 aromatic heterocycles. The van der Waals surface area contributed by atoms with E-state index in [1.165, 1.54) is 65.6 Å². The number of sulfonamides is 2. The molecule has 0 radical (unpaired) electrons. The van der Waals surface area contributed by atoms with Gasteiger partial charge in [-0.05, 0) is 36.8 Å². The molecular formula is C20H27N3O7S2. The van der Waals surface area contributed by atoms with Gasteiger partial charge in [0.25, 0.3) is 0 Å². The van der Waals surface area contributed by atoms with Crippen LogP contribution in [0.4, 0.5) is 0 Å². The van der Waals surface area contributed by atoms with Crippen molar-refractivity contribution in [3.63, 3.8) is 0 Å². The van der Waals surface area contributed by atoms with Gasteiger partial charge >= 0.3 is 0 Å². The van der Waals surface area contributed by atoms with Crippen molar-refractivity contribution in [3.05, 3.63) is 48.0 Å². The summed E-state index contributed by atoms with van der Waals surface area (Å²) in [6, 6.07) is 9.09. The highest BCUT2D eigenvalue weighted by Crippen LogP contribution is 2.29. The molecular weight excluding hydrogens is 458 g/mol. The van der Waals surface area contributed by atoms with E-state index in [1.807, 2.05) is 0 Å². The standard InChI is InChI=1S/C20H27N3O7S2/c1-14(22-31(25,26)17-10-11-18(29-4)19(12-17)30-5)20(24)21-13-15-6-8-16(9-7-15)32(27,28)23(2)3/h6-12,14,22H,13H2,1-5H3,(H,21,24)/t14-/m1/s1. The number of hydrogen-bond donors (Lipinski definition) is 2. The van der Waals surface area contributed by atoms with Crippen LogP contribution in [0.5, 0.6) is 11.5 Å². The van der Waals surface area contributed by atoms with Crippen molar-refractivity contribution in [1.29, 1.82) is 0 Å². The molecule has 0 aliphatic heterocycles. The van der Waals surface area contributed by atoms with Crippen molar-refractivity contribution in [2.24, 2.45) is 0 Å². The third-order valence-electron chi connectivity index (χ3n) is 4.56. The van der Waals surface area contributed by atoms with Crippen LogP contribution in [0.1, 0.15) is 12.5 Å². The van der Waals surface area contributed by atoms with Crippen LogP contribution in [0.25, 0.3) is 0 Å². The molecule has 0 bridgehead atoms. The van der Waals surface area contributed by atoms with E-state index in [-0.39, 0.29) is 22.1 Å². The largest absolute Gasteiger partial charge is 0.493 e. The molecule has 0 saturated carbocycles. The minimum absolute atomic E-state index is 0.0764. The quantitative estimate of drug-likeness (QED) is 0.512. The zero-order valence-electron chi connectivity index (χ0n) is 18.4. The average Bonchev–Trinajstić information content (AvgIpc) is 2.76. The highest BCUT2D eigenvalue weighted by Gasteiger charge is 2.23. The molecule has 32 heavy (non-hydrogen) atoms. The number of methoxy groups -OCH3 is 2. The molecule has 0 heterocycles. The molecule has 0 saturated heterocycles. The van der Waals surface area contributed by atoms with Crippen molar-refractivity contribution in [3.8, 4) is 11.5 Å². The summed E-state index contributed by atoms with van der Waals surface area (Å²) in [4.78, 5) is 12.4. The molecule has 2 aromatic carbocycles. The van der Waals surface area contributed by atoms with Gasteiger partial charge in [0, 0.05) is 26.7 Å². The van der Waals surface area contributed by atoms with Crippen molar-refractivity contribution >= 4 is 26.0 Å². The van der Waals surface area contributed by atoms with Crippen LogP contribution in [-0.2, 0) is 31.4 Å². The summed E-state index contributed by atoms with van der Waals surface area (Å²) in [6.07, 6.45) is 0. The second-order valence-corrected chi connectivity index (χ2v) is 10.9. The van der Waals surface area contributed by atoms with Crippen LogP contribution in [-0.4, -0.2) is 61.4 Å². The smallest absolute Gasteiger partial charge is 0.242 e. The molecule has 0 unspecified atom stereocenters. The first-order valence-electron chi connectivity index (χ1n) is 9.46. The number of nitrogens with one attached hydrogen (secondary N) is 2. The fourth-order valence-electron chi connectivity index (χ4n) is 2.67. The zero-order valence-corrected chi connectivity index (χ0v) is 20.1. The second-order valence-electron chi connectivity index (χ2n) is 7.01. The van der Waals surface area contributed by atoms with Gasteiger partial charge in [-0.2, -0.15) is 4.72 Å². The molecule has 10 nitrogen and oxygen atoms in total. The Hall–Kier alpha value is -2.67. The third-order valence-corrected chi connectivity index (χ3v) is 7.93. The molecule has 12 heteroatoms. The Bertz CT molecular complexity index is 1160. The number of rotatable bonds is 10. The number of carbonyl (C=O) groups is 1. The highest BCUT2D eigenvalue weighted by atomic mass is 32.2. The van der Waals surface area contributed by atoms with E-state index in [0.29, 0.717) is 11.3 Å². The molecule has 176 valence electrons. The van der Waals surface area contributed by atoms with Crippen LogP contribution >= 0.6 is 0 Å². The molecule has 0 aliphatic rings. The van der Waals surface area contributed by atoms with Gasteiger partial charge in [-0.25, -0.2) is 21.1 Å². The van der Waals surface area contributed by atoms with E-state index in [9.17, 15) is 21.6 Å². The zero-order chi connectivity index (χ0) is 24.1. The lowest BCUT2D eigenvalue weighted by Crippen LogP contribution is -2.44. The van der Waals surface area contributed by atoms with E-state index in [2.05, 4.69) is 10.0 Å². The second kappa shape index (κ2) is 10.3. The summed E-state index contributed by atoms with van der Waals surface area (Å²) in [7, 11) is -1.83. The summed E-state index contributed by atoms with van der Waals surface area (Å²) in [5, 5.41) is 2.62. The first-order chi connectivity index (χ1) is 14.9. The first-order valence-corrected chi connectivity index (χ1v) is 12.4. The maximum absolute atomic E-state index is 12.6. The average molecular weight is 486 g/mol. The predicted molar refractivity (Wildman–Crippen MR) is 118 cm³/mol. The van der Waals surface area contributed by atoms with Crippen LogP contribution in [0, 0.1) is 0 Å². The molecule has 2 rings (SSSR count). The maximum Gasteiger partial charge on any atom is 0.242 e. The fraction of sp³-hybridized carbons (Fsp3) is 0.350. The van der Waals surface area contributed by atoms with Gasteiger partial charge in [0.2, 0.25) is 26.0 Å². The van der Waals surface area contributed by atoms with Gasteiger partial charge in [-0.3, -0.25) is 4.79 Å². The van der Waals surface area contributed by atoms with Crippen molar-refractivity contribution in [1.82, 2.24) is 14.3 Å². The Morgan fingerprint density at radius 3 is 2.03 bits per heavy atom.